The van der Waals surface area contributed by atoms with Crippen LogP contribution in [0.5, 0.6) is 5.75 Å². The van der Waals surface area contributed by atoms with Gasteiger partial charge >= 0.3 is 0 Å². The standard InChI is InChI=1S/C32H39NO3/c1-17-7-12-23-25-26(19(3)15-30(23,5)14-17)31(6)16-18(2)20(4)27-24(13-21-8-10-22(34)11-9-21)33-29(36)32(27,31)28(25)35/h8-11,15-17,20,23,25-26,34H,7,12-14H2,1-6H3,(H,33,36)/t17-,20-,23+,25+,26-,30+,31-,32+/m1/s1. The molecule has 0 bridgehead atoms. The average Bonchev–Trinajstić information content (AvgIpc) is 3.20. The molecule has 2 saturated carbocycles. The molecule has 8 atom stereocenters. The predicted octanol–water partition coefficient (Wildman–Crippen LogP) is 6.12. The number of nitrogens with one attached hydrogen (secondary N) is 1. The minimum atomic E-state index is -1.14. The van der Waals surface area contributed by atoms with Gasteiger partial charge in [0.05, 0.1) is 0 Å². The molecule has 4 aliphatic carbocycles. The molecule has 1 spiro atoms. The van der Waals surface area contributed by atoms with Crippen molar-refractivity contribution >= 4 is 11.7 Å². The first-order valence-electron chi connectivity index (χ1n) is 13.7. The number of rotatable bonds is 2. The molecular formula is C32H39NO3. The Morgan fingerprint density at radius 3 is 2.39 bits per heavy atom. The van der Waals surface area contributed by atoms with E-state index < -0.39 is 10.8 Å². The van der Waals surface area contributed by atoms with Crippen molar-refractivity contribution in [1.82, 2.24) is 5.32 Å². The summed E-state index contributed by atoms with van der Waals surface area (Å²) < 4.78 is 0. The van der Waals surface area contributed by atoms with Crippen LogP contribution < -0.4 is 5.32 Å². The molecule has 1 aromatic carbocycles. The van der Waals surface area contributed by atoms with E-state index in [1.165, 1.54) is 11.1 Å². The molecule has 2 fully saturated rings. The lowest BCUT2D eigenvalue weighted by Gasteiger charge is -2.52. The van der Waals surface area contributed by atoms with Crippen molar-refractivity contribution in [1.29, 1.82) is 0 Å². The van der Waals surface area contributed by atoms with Crippen LogP contribution in [0.1, 0.15) is 66.4 Å². The molecule has 4 nitrogen and oxygen atoms in total. The zero-order valence-corrected chi connectivity index (χ0v) is 22.4. The Bertz CT molecular complexity index is 1270. The molecule has 36 heavy (non-hydrogen) atoms. The first-order chi connectivity index (χ1) is 16.9. The molecule has 0 aromatic heterocycles. The highest BCUT2D eigenvalue weighted by molar-refractivity contribution is 6.16. The van der Waals surface area contributed by atoms with E-state index in [1.807, 2.05) is 12.1 Å². The number of amides is 1. The Hall–Kier alpha value is -2.62. The van der Waals surface area contributed by atoms with Crippen LogP contribution in [0.25, 0.3) is 0 Å². The quantitative estimate of drug-likeness (QED) is 0.391. The first-order valence-corrected chi connectivity index (χ1v) is 13.7. The van der Waals surface area contributed by atoms with E-state index in [4.69, 9.17) is 0 Å². The molecule has 0 unspecified atom stereocenters. The number of fused-ring (bicyclic) bond motifs is 4. The molecule has 0 radical (unpaired) electrons. The van der Waals surface area contributed by atoms with Crippen molar-refractivity contribution in [3.8, 4) is 5.75 Å². The first kappa shape index (κ1) is 23.8. The van der Waals surface area contributed by atoms with Crippen LogP contribution in [0.4, 0.5) is 0 Å². The topological polar surface area (TPSA) is 66.4 Å². The van der Waals surface area contributed by atoms with E-state index in [2.05, 4.69) is 59.0 Å². The van der Waals surface area contributed by atoms with Crippen molar-refractivity contribution in [3.05, 3.63) is 64.4 Å². The monoisotopic (exact) mass is 485 g/mol. The normalized spacial score (nSPS) is 43.2. The maximum absolute atomic E-state index is 14.9. The van der Waals surface area contributed by atoms with Gasteiger partial charge in [-0.05, 0) is 67.2 Å². The Balaban J connectivity index is 1.56. The van der Waals surface area contributed by atoms with Gasteiger partial charge in [-0.2, -0.15) is 0 Å². The Labute approximate surface area is 214 Å². The van der Waals surface area contributed by atoms with Crippen LogP contribution in [0.15, 0.2) is 58.8 Å². The van der Waals surface area contributed by atoms with Crippen LogP contribution >= 0.6 is 0 Å². The maximum atomic E-state index is 14.9. The Kier molecular flexibility index (Phi) is 4.92. The molecule has 5 aliphatic rings. The number of hydrogen-bond acceptors (Lipinski definition) is 3. The molecule has 190 valence electrons. The Morgan fingerprint density at radius 1 is 1.00 bits per heavy atom. The molecular weight excluding hydrogens is 446 g/mol. The summed E-state index contributed by atoms with van der Waals surface area (Å²) in [4.78, 5) is 29.1. The second kappa shape index (κ2) is 7.46. The smallest absolute Gasteiger partial charge is 0.243 e. The van der Waals surface area contributed by atoms with Crippen LogP contribution in [0.2, 0.25) is 0 Å². The minimum absolute atomic E-state index is 0.0112. The van der Waals surface area contributed by atoms with Gasteiger partial charge in [0.1, 0.15) is 11.2 Å². The molecule has 1 aliphatic heterocycles. The molecule has 4 heteroatoms. The van der Waals surface area contributed by atoms with Gasteiger partial charge in [0.2, 0.25) is 5.91 Å². The fourth-order valence-electron chi connectivity index (χ4n) is 9.60. The number of ketones is 1. The van der Waals surface area contributed by atoms with Gasteiger partial charge in [-0.15, -0.1) is 0 Å². The minimum Gasteiger partial charge on any atom is -0.508 e. The van der Waals surface area contributed by atoms with Gasteiger partial charge in [-0.1, -0.05) is 69.5 Å². The number of carbonyl (C=O) groups excluding carboxylic acids is 2. The number of Topliss-reactive ketones (excluding diaryl/α,β-unsaturated/α-hetero) is 1. The second-order valence-electron chi connectivity index (χ2n) is 13.1. The third kappa shape index (κ3) is 2.76. The van der Waals surface area contributed by atoms with Gasteiger partial charge in [-0.3, -0.25) is 9.59 Å². The number of phenolic OH excluding ortho intramolecular Hbond substituents is 1. The van der Waals surface area contributed by atoms with Crippen molar-refractivity contribution in [2.24, 2.45) is 45.8 Å². The SMILES string of the molecule is CC1=C[C@]2(C)[C@@H]3C(C)=C[C@]4(C)C[C@H](C)CC[C@H]4[C@@H]3C(=O)[C@@]23C(=O)NC(Cc2ccc(O)cc2)=C3[C@@H]1C. The lowest BCUT2D eigenvalue weighted by atomic mass is 9.50. The van der Waals surface area contributed by atoms with E-state index >= 15 is 0 Å². The molecule has 6 rings (SSSR count). The van der Waals surface area contributed by atoms with Gasteiger partial charge in [0.25, 0.3) is 0 Å². The lowest BCUT2D eigenvalue weighted by molar-refractivity contribution is -0.142. The predicted molar refractivity (Wildman–Crippen MR) is 141 cm³/mol. The fourth-order valence-corrected chi connectivity index (χ4v) is 9.60. The highest BCUT2D eigenvalue weighted by Gasteiger charge is 2.77. The van der Waals surface area contributed by atoms with E-state index in [0.717, 1.165) is 36.1 Å². The summed E-state index contributed by atoms with van der Waals surface area (Å²) in [5.41, 5.74) is 3.72. The highest BCUT2D eigenvalue weighted by Crippen LogP contribution is 2.73. The van der Waals surface area contributed by atoms with E-state index in [-0.39, 0.29) is 46.5 Å². The lowest BCUT2D eigenvalue weighted by Crippen LogP contribution is -2.52. The zero-order valence-electron chi connectivity index (χ0n) is 22.4. The van der Waals surface area contributed by atoms with Gasteiger partial charge < -0.3 is 10.4 Å². The van der Waals surface area contributed by atoms with Crippen molar-refractivity contribution in [2.75, 3.05) is 0 Å². The maximum Gasteiger partial charge on any atom is 0.243 e. The highest BCUT2D eigenvalue weighted by atomic mass is 16.3. The summed E-state index contributed by atoms with van der Waals surface area (Å²) in [7, 11) is 0. The van der Waals surface area contributed by atoms with Crippen molar-refractivity contribution < 1.29 is 14.7 Å². The van der Waals surface area contributed by atoms with Crippen molar-refractivity contribution in [2.45, 2.75) is 67.2 Å². The Morgan fingerprint density at radius 2 is 1.69 bits per heavy atom. The molecule has 1 aromatic rings. The number of hydrogen-bond donors (Lipinski definition) is 2. The molecule has 0 saturated heterocycles. The van der Waals surface area contributed by atoms with Gasteiger partial charge in [-0.25, -0.2) is 0 Å². The number of allylic oxidation sites excluding steroid dienone is 5. The van der Waals surface area contributed by atoms with Crippen LogP contribution in [0.3, 0.4) is 0 Å². The average molecular weight is 486 g/mol. The summed E-state index contributed by atoms with van der Waals surface area (Å²) in [6.45, 7) is 13.4. The zero-order chi connectivity index (χ0) is 25.8. The summed E-state index contributed by atoms with van der Waals surface area (Å²) in [6.07, 6.45) is 8.66. The van der Waals surface area contributed by atoms with E-state index in [9.17, 15) is 14.7 Å². The fraction of sp³-hybridized carbons (Fsp3) is 0.562. The van der Waals surface area contributed by atoms with Crippen LogP contribution in [-0.4, -0.2) is 16.8 Å². The number of benzene rings is 1. The summed E-state index contributed by atoms with van der Waals surface area (Å²) in [5.74, 6) is 1.15. The summed E-state index contributed by atoms with van der Waals surface area (Å²) >= 11 is 0. The molecule has 1 amide bonds. The molecule has 2 N–H and O–H groups in total. The van der Waals surface area contributed by atoms with Crippen molar-refractivity contribution in [3.63, 3.8) is 0 Å². The largest absolute Gasteiger partial charge is 0.508 e. The number of carbonyl (C=O) groups is 2. The summed E-state index contributed by atoms with van der Waals surface area (Å²) in [5, 5.41) is 13.0. The van der Waals surface area contributed by atoms with E-state index in [0.29, 0.717) is 12.3 Å². The second-order valence-corrected chi connectivity index (χ2v) is 13.1. The third-order valence-corrected chi connectivity index (χ3v) is 10.9. The third-order valence-electron chi connectivity index (χ3n) is 10.9. The van der Waals surface area contributed by atoms with Gasteiger partial charge in [0.15, 0.2) is 5.78 Å². The number of phenols is 1. The van der Waals surface area contributed by atoms with Crippen LogP contribution in [-0.2, 0) is 16.0 Å². The van der Waals surface area contributed by atoms with E-state index in [1.54, 1.807) is 12.1 Å². The van der Waals surface area contributed by atoms with Crippen LogP contribution in [0, 0.1) is 45.8 Å². The number of aromatic hydroxyl groups is 1. The summed E-state index contributed by atoms with van der Waals surface area (Å²) in [6, 6.07) is 7.16. The molecule has 1 heterocycles. The van der Waals surface area contributed by atoms with Gasteiger partial charge in [0, 0.05) is 35.3 Å².